The first-order valence-corrected chi connectivity index (χ1v) is 5.17. The number of nitrogens with zero attached hydrogens (tertiary/aromatic N) is 2. The molecule has 0 saturated carbocycles. The Morgan fingerprint density at radius 3 is 2.87 bits per heavy atom. The summed E-state index contributed by atoms with van der Waals surface area (Å²) in [4.78, 5) is 20.2. The third-order valence-corrected chi connectivity index (χ3v) is 2.19. The molecule has 0 radical (unpaired) electrons. The second-order valence-corrected chi connectivity index (χ2v) is 3.67. The highest BCUT2D eigenvalue weighted by atomic mass is 16.1. The number of H-pyrrole nitrogens is 1. The molecule has 0 aliphatic rings. The Labute approximate surface area is 89.3 Å². The molecule has 0 atom stereocenters. The summed E-state index contributed by atoms with van der Waals surface area (Å²) in [5.74, 6) is 0.473. The van der Waals surface area contributed by atoms with Crippen LogP contribution in [0.2, 0.25) is 0 Å². The summed E-state index contributed by atoms with van der Waals surface area (Å²) in [6, 6.07) is 0.243. The lowest BCUT2D eigenvalue weighted by atomic mass is 10.3. The number of aromatic amines is 1. The van der Waals surface area contributed by atoms with Crippen LogP contribution in [0, 0.1) is 0 Å². The van der Waals surface area contributed by atoms with E-state index in [-0.39, 0.29) is 11.6 Å². The van der Waals surface area contributed by atoms with Crippen molar-refractivity contribution in [2.45, 2.75) is 26.3 Å². The minimum absolute atomic E-state index is 0.150. The van der Waals surface area contributed by atoms with E-state index in [1.54, 1.807) is 6.20 Å². The third-order valence-electron chi connectivity index (χ3n) is 2.19. The van der Waals surface area contributed by atoms with Crippen LogP contribution in [0.1, 0.15) is 20.3 Å². The Morgan fingerprint density at radius 2 is 2.33 bits per heavy atom. The van der Waals surface area contributed by atoms with E-state index < -0.39 is 0 Å². The van der Waals surface area contributed by atoms with E-state index in [1.807, 2.05) is 18.7 Å². The van der Waals surface area contributed by atoms with E-state index >= 15 is 0 Å². The van der Waals surface area contributed by atoms with Crippen molar-refractivity contribution in [1.82, 2.24) is 9.97 Å². The lowest BCUT2D eigenvalue weighted by Crippen LogP contribution is -2.37. The molecule has 0 fully saturated rings. The standard InChI is InChI=1S/C10H18N4O/c1-8(2)14(7-3-4-11)9-10(15)13-6-5-12-9/h5-6,8H,3-4,7,11H2,1-2H3,(H,13,15). The van der Waals surface area contributed by atoms with Gasteiger partial charge in [-0.3, -0.25) is 4.79 Å². The molecule has 5 nitrogen and oxygen atoms in total. The van der Waals surface area contributed by atoms with E-state index in [0.717, 1.165) is 13.0 Å². The van der Waals surface area contributed by atoms with E-state index in [2.05, 4.69) is 9.97 Å². The fourth-order valence-electron chi connectivity index (χ4n) is 1.42. The summed E-state index contributed by atoms with van der Waals surface area (Å²) < 4.78 is 0. The molecule has 1 aromatic heterocycles. The lowest BCUT2D eigenvalue weighted by Gasteiger charge is -2.26. The van der Waals surface area contributed by atoms with Crippen LogP contribution in [0.5, 0.6) is 0 Å². The zero-order valence-corrected chi connectivity index (χ0v) is 9.23. The van der Waals surface area contributed by atoms with Gasteiger partial charge in [-0.2, -0.15) is 0 Å². The van der Waals surface area contributed by atoms with Crippen LogP contribution in [0.3, 0.4) is 0 Å². The van der Waals surface area contributed by atoms with Crippen LogP contribution in [0.15, 0.2) is 17.2 Å². The predicted molar refractivity (Wildman–Crippen MR) is 61.0 cm³/mol. The number of rotatable bonds is 5. The maximum atomic E-state index is 11.5. The zero-order valence-electron chi connectivity index (χ0n) is 9.23. The van der Waals surface area contributed by atoms with Gasteiger partial charge in [-0.25, -0.2) is 4.98 Å². The van der Waals surface area contributed by atoms with Crippen molar-refractivity contribution in [3.05, 3.63) is 22.7 Å². The van der Waals surface area contributed by atoms with Crippen molar-refractivity contribution >= 4 is 5.82 Å². The molecular weight excluding hydrogens is 192 g/mol. The highest BCUT2D eigenvalue weighted by Crippen LogP contribution is 2.07. The average molecular weight is 210 g/mol. The molecule has 1 rings (SSSR count). The molecule has 0 aliphatic heterocycles. The second-order valence-electron chi connectivity index (χ2n) is 3.67. The van der Waals surface area contributed by atoms with Gasteiger partial charge in [-0.15, -0.1) is 0 Å². The molecule has 0 unspecified atom stereocenters. The summed E-state index contributed by atoms with van der Waals surface area (Å²) in [5, 5.41) is 0. The van der Waals surface area contributed by atoms with Gasteiger partial charge in [-0.1, -0.05) is 0 Å². The Bertz CT molecular complexity index is 347. The highest BCUT2D eigenvalue weighted by Gasteiger charge is 2.13. The number of hydrogen-bond donors (Lipinski definition) is 2. The van der Waals surface area contributed by atoms with Crippen molar-refractivity contribution in [2.75, 3.05) is 18.0 Å². The first-order chi connectivity index (χ1) is 7.16. The molecule has 15 heavy (non-hydrogen) atoms. The average Bonchev–Trinajstić information content (AvgIpc) is 2.20. The molecule has 0 spiro atoms. The number of hydrogen-bond acceptors (Lipinski definition) is 4. The normalized spacial score (nSPS) is 10.7. The van der Waals surface area contributed by atoms with Gasteiger partial charge in [0, 0.05) is 25.0 Å². The number of nitrogens with one attached hydrogen (secondary N) is 1. The predicted octanol–water partition coefficient (Wildman–Crippen LogP) is 0.333. The molecule has 0 saturated heterocycles. The molecule has 0 aliphatic carbocycles. The fourth-order valence-corrected chi connectivity index (χ4v) is 1.42. The highest BCUT2D eigenvalue weighted by molar-refractivity contribution is 5.36. The first kappa shape index (κ1) is 11.7. The minimum Gasteiger partial charge on any atom is -0.350 e. The molecule has 1 heterocycles. The maximum absolute atomic E-state index is 11.5. The maximum Gasteiger partial charge on any atom is 0.290 e. The smallest absolute Gasteiger partial charge is 0.290 e. The molecule has 0 aromatic carbocycles. The topological polar surface area (TPSA) is 75.0 Å². The number of anilines is 1. The fraction of sp³-hybridized carbons (Fsp3) is 0.600. The summed E-state index contributed by atoms with van der Waals surface area (Å²) in [6.07, 6.45) is 3.98. The molecular formula is C10H18N4O. The Kier molecular flexibility index (Phi) is 4.30. The Morgan fingerprint density at radius 1 is 1.60 bits per heavy atom. The molecule has 0 bridgehead atoms. The minimum atomic E-state index is -0.150. The van der Waals surface area contributed by atoms with Crippen LogP contribution in [-0.4, -0.2) is 29.1 Å². The molecule has 3 N–H and O–H groups in total. The summed E-state index contributed by atoms with van der Waals surface area (Å²) >= 11 is 0. The van der Waals surface area contributed by atoms with Crippen molar-refractivity contribution in [1.29, 1.82) is 0 Å². The quantitative estimate of drug-likeness (QED) is 0.734. The summed E-state index contributed by atoms with van der Waals surface area (Å²) in [7, 11) is 0. The summed E-state index contributed by atoms with van der Waals surface area (Å²) in [5.41, 5.74) is 5.31. The van der Waals surface area contributed by atoms with E-state index in [4.69, 9.17) is 5.73 Å². The molecule has 5 heteroatoms. The van der Waals surface area contributed by atoms with Crippen LogP contribution >= 0.6 is 0 Å². The van der Waals surface area contributed by atoms with Gasteiger partial charge in [0.15, 0.2) is 5.82 Å². The summed E-state index contributed by atoms with van der Waals surface area (Å²) in [6.45, 7) is 5.44. The van der Waals surface area contributed by atoms with Gasteiger partial charge in [0.25, 0.3) is 5.56 Å². The van der Waals surface area contributed by atoms with E-state index in [1.165, 1.54) is 6.20 Å². The SMILES string of the molecule is CC(C)N(CCCN)c1ncc[nH]c1=O. The molecule has 0 amide bonds. The van der Waals surface area contributed by atoms with Crippen molar-refractivity contribution in [3.8, 4) is 0 Å². The lowest BCUT2D eigenvalue weighted by molar-refractivity contribution is 0.644. The Balaban J connectivity index is 2.89. The van der Waals surface area contributed by atoms with Gasteiger partial charge in [0.05, 0.1) is 0 Å². The second kappa shape index (κ2) is 5.50. The Hall–Kier alpha value is -1.36. The van der Waals surface area contributed by atoms with Crippen molar-refractivity contribution in [3.63, 3.8) is 0 Å². The number of aromatic nitrogens is 2. The van der Waals surface area contributed by atoms with Crippen molar-refractivity contribution in [2.24, 2.45) is 5.73 Å². The number of nitrogens with two attached hydrogens (primary N) is 1. The third kappa shape index (κ3) is 3.06. The van der Waals surface area contributed by atoms with Crippen LogP contribution in [0.4, 0.5) is 5.82 Å². The van der Waals surface area contributed by atoms with Crippen molar-refractivity contribution < 1.29 is 0 Å². The van der Waals surface area contributed by atoms with Crippen LogP contribution < -0.4 is 16.2 Å². The van der Waals surface area contributed by atoms with Gasteiger partial charge in [0.1, 0.15) is 0 Å². The monoisotopic (exact) mass is 210 g/mol. The van der Waals surface area contributed by atoms with E-state index in [0.29, 0.717) is 12.4 Å². The molecule has 1 aromatic rings. The van der Waals surface area contributed by atoms with Gasteiger partial charge in [0.2, 0.25) is 0 Å². The van der Waals surface area contributed by atoms with Gasteiger partial charge >= 0.3 is 0 Å². The van der Waals surface area contributed by atoms with E-state index in [9.17, 15) is 4.79 Å². The van der Waals surface area contributed by atoms with Gasteiger partial charge < -0.3 is 15.6 Å². The molecule has 84 valence electrons. The largest absolute Gasteiger partial charge is 0.350 e. The zero-order chi connectivity index (χ0) is 11.3. The van der Waals surface area contributed by atoms with Crippen LogP contribution in [0.25, 0.3) is 0 Å². The van der Waals surface area contributed by atoms with Gasteiger partial charge in [-0.05, 0) is 26.8 Å². The van der Waals surface area contributed by atoms with Crippen LogP contribution in [-0.2, 0) is 0 Å². The first-order valence-electron chi connectivity index (χ1n) is 5.17.